The number of benzene rings is 2. The lowest BCUT2D eigenvalue weighted by atomic mass is 9.87. The Labute approximate surface area is 142 Å². The number of rotatable bonds is 3. The molecule has 1 unspecified atom stereocenters. The highest BCUT2D eigenvalue weighted by molar-refractivity contribution is 6.62. The maximum Gasteiger partial charge on any atom is 0.0878 e. The predicted molar refractivity (Wildman–Crippen MR) is 104 cm³/mol. The first-order chi connectivity index (χ1) is 11.0. The maximum absolute atomic E-state index is 2.37. The van der Waals surface area contributed by atoms with Crippen LogP contribution in [-0.2, 0) is 0 Å². The van der Waals surface area contributed by atoms with Crippen molar-refractivity contribution in [1.29, 1.82) is 0 Å². The molecule has 1 atom stereocenters. The largest absolute Gasteiger partial charge is 0.0878 e. The number of aryl methyl sites for hydroxylation is 2. The molecule has 0 spiro atoms. The summed E-state index contributed by atoms with van der Waals surface area (Å²) in [5.41, 5.74) is 8.88. The van der Waals surface area contributed by atoms with E-state index in [1.165, 1.54) is 21.9 Å². The van der Waals surface area contributed by atoms with Crippen LogP contribution in [0.3, 0.4) is 0 Å². The first-order valence-corrected chi connectivity index (χ1v) is 9.88. The molecular weight excluding hydrogens is 292 g/mol. The maximum atomic E-state index is 2.37. The van der Waals surface area contributed by atoms with E-state index in [9.17, 15) is 0 Å². The van der Waals surface area contributed by atoms with E-state index in [-0.39, 0.29) is 0 Å². The van der Waals surface area contributed by atoms with Gasteiger partial charge in [-0.1, -0.05) is 86.8 Å². The van der Waals surface area contributed by atoms with Crippen molar-refractivity contribution in [3.63, 3.8) is 0 Å². The standard InChI is InChI=1S/C22H26Si/c1-14-11-15(2)13-19(12-14)21-16(3)17(4)22(18(21)5)23-20-9-7-6-8-10-20/h6-13,21H,23H2,1-5H3. The lowest BCUT2D eigenvalue weighted by Crippen LogP contribution is -2.16. The molecule has 0 amide bonds. The van der Waals surface area contributed by atoms with Crippen LogP contribution in [0, 0.1) is 13.8 Å². The van der Waals surface area contributed by atoms with Crippen molar-refractivity contribution in [3.05, 3.63) is 87.1 Å². The van der Waals surface area contributed by atoms with Crippen LogP contribution in [-0.4, -0.2) is 9.52 Å². The Kier molecular flexibility index (Phi) is 4.41. The van der Waals surface area contributed by atoms with Crippen LogP contribution in [0.1, 0.15) is 43.4 Å². The third-order valence-electron chi connectivity index (χ3n) is 5.19. The Morgan fingerprint density at radius 1 is 0.739 bits per heavy atom. The Morgan fingerprint density at radius 3 is 1.96 bits per heavy atom. The van der Waals surface area contributed by atoms with Gasteiger partial charge in [-0.2, -0.15) is 0 Å². The van der Waals surface area contributed by atoms with Gasteiger partial charge in [-0.05, 0) is 40.2 Å². The average molecular weight is 319 g/mol. The van der Waals surface area contributed by atoms with E-state index < -0.39 is 9.52 Å². The minimum atomic E-state index is -0.396. The second kappa shape index (κ2) is 6.33. The van der Waals surface area contributed by atoms with E-state index in [1.54, 1.807) is 21.9 Å². The summed E-state index contributed by atoms with van der Waals surface area (Å²) in [6.45, 7) is 11.4. The van der Waals surface area contributed by atoms with Gasteiger partial charge in [0.1, 0.15) is 0 Å². The van der Waals surface area contributed by atoms with Gasteiger partial charge in [-0.25, -0.2) is 0 Å². The van der Waals surface area contributed by atoms with E-state index in [1.807, 2.05) is 0 Å². The molecule has 0 N–H and O–H groups in total. The molecule has 0 aromatic heterocycles. The predicted octanol–water partition coefficient (Wildman–Crippen LogP) is 4.51. The van der Waals surface area contributed by atoms with Crippen LogP contribution in [0.5, 0.6) is 0 Å². The molecule has 0 fully saturated rings. The SMILES string of the molecule is CC1=C(C)C(c2cc(C)cc(C)c2)C(C)=C1[SiH2]c1ccccc1. The Balaban J connectivity index is 2.02. The molecule has 3 rings (SSSR count). The molecule has 0 saturated heterocycles. The molecule has 0 bridgehead atoms. The fourth-order valence-corrected chi connectivity index (χ4v) is 5.94. The van der Waals surface area contributed by atoms with Crippen LogP contribution in [0.2, 0.25) is 0 Å². The summed E-state index contributed by atoms with van der Waals surface area (Å²) >= 11 is 0. The summed E-state index contributed by atoms with van der Waals surface area (Å²) < 4.78 is 0. The quantitative estimate of drug-likeness (QED) is 0.731. The molecule has 0 nitrogen and oxygen atoms in total. The van der Waals surface area contributed by atoms with Gasteiger partial charge in [0.25, 0.3) is 0 Å². The second-order valence-corrected chi connectivity index (χ2v) is 8.86. The zero-order valence-electron chi connectivity index (χ0n) is 14.9. The average Bonchev–Trinajstić information content (AvgIpc) is 2.71. The highest BCUT2D eigenvalue weighted by atomic mass is 28.2. The first-order valence-electron chi connectivity index (χ1n) is 8.47. The van der Waals surface area contributed by atoms with Crippen molar-refractivity contribution in [3.8, 4) is 0 Å². The van der Waals surface area contributed by atoms with E-state index >= 15 is 0 Å². The number of hydrogen-bond donors (Lipinski definition) is 0. The van der Waals surface area contributed by atoms with E-state index in [0.29, 0.717) is 5.92 Å². The topological polar surface area (TPSA) is 0 Å². The fraction of sp³-hybridized carbons (Fsp3) is 0.273. The molecule has 23 heavy (non-hydrogen) atoms. The summed E-state index contributed by atoms with van der Waals surface area (Å²) in [5, 5.41) is 3.20. The van der Waals surface area contributed by atoms with Crippen molar-refractivity contribution >= 4 is 14.7 Å². The summed E-state index contributed by atoms with van der Waals surface area (Å²) in [6, 6.07) is 18.0. The second-order valence-electron chi connectivity index (χ2n) is 6.99. The van der Waals surface area contributed by atoms with Gasteiger partial charge >= 0.3 is 0 Å². The van der Waals surface area contributed by atoms with Crippen LogP contribution in [0.25, 0.3) is 0 Å². The zero-order chi connectivity index (χ0) is 16.6. The third-order valence-corrected chi connectivity index (χ3v) is 7.51. The molecule has 2 aromatic rings. The Bertz CT molecular complexity index is 774. The van der Waals surface area contributed by atoms with Crippen molar-refractivity contribution in [1.82, 2.24) is 0 Å². The minimum absolute atomic E-state index is 0.396. The molecule has 118 valence electrons. The number of allylic oxidation sites excluding steroid dienone is 4. The van der Waals surface area contributed by atoms with Crippen LogP contribution >= 0.6 is 0 Å². The fourth-order valence-electron chi connectivity index (χ4n) is 4.00. The normalized spacial score (nSPS) is 18.6. The van der Waals surface area contributed by atoms with Gasteiger partial charge in [-0.15, -0.1) is 0 Å². The highest BCUT2D eigenvalue weighted by Crippen LogP contribution is 2.43. The van der Waals surface area contributed by atoms with Crippen molar-refractivity contribution in [2.24, 2.45) is 0 Å². The van der Waals surface area contributed by atoms with Crippen LogP contribution in [0.15, 0.2) is 70.4 Å². The molecule has 1 aliphatic carbocycles. The molecule has 1 aliphatic rings. The van der Waals surface area contributed by atoms with Crippen LogP contribution in [0.4, 0.5) is 0 Å². The van der Waals surface area contributed by atoms with E-state index in [0.717, 1.165) is 0 Å². The molecule has 0 aliphatic heterocycles. The molecule has 0 saturated carbocycles. The zero-order valence-corrected chi connectivity index (χ0v) is 16.3. The van der Waals surface area contributed by atoms with E-state index in [4.69, 9.17) is 0 Å². The lowest BCUT2D eigenvalue weighted by Gasteiger charge is -2.17. The Morgan fingerprint density at radius 2 is 1.35 bits per heavy atom. The van der Waals surface area contributed by atoms with Crippen molar-refractivity contribution in [2.45, 2.75) is 40.5 Å². The van der Waals surface area contributed by atoms with Crippen molar-refractivity contribution < 1.29 is 0 Å². The van der Waals surface area contributed by atoms with Gasteiger partial charge in [0.05, 0.1) is 9.52 Å². The molecule has 0 heterocycles. The van der Waals surface area contributed by atoms with Gasteiger partial charge < -0.3 is 0 Å². The van der Waals surface area contributed by atoms with Crippen LogP contribution < -0.4 is 5.19 Å². The molecular formula is C22H26Si. The Hall–Kier alpha value is -1.86. The lowest BCUT2D eigenvalue weighted by molar-refractivity contribution is 0.933. The molecule has 0 radical (unpaired) electrons. The van der Waals surface area contributed by atoms with Gasteiger partial charge in [-0.3, -0.25) is 0 Å². The van der Waals surface area contributed by atoms with Gasteiger partial charge in [0.2, 0.25) is 0 Å². The monoisotopic (exact) mass is 318 g/mol. The van der Waals surface area contributed by atoms with Gasteiger partial charge in [0.15, 0.2) is 0 Å². The van der Waals surface area contributed by atoms with Crippen molar-refractivity contribution in [2.75, 3.05) is 0 Å². The third kappa shape index (κ3) is 3.11. The summed E-state index contributed by atoms with van der Waals surface area (Å²) in [6.07, 6.45) is 0. The smallest absolute Gasteiger partial charge is 0.0633 e. The summed E-state index contributed by atoms with van der Waals surface area (Å²) in [5.74, 6) is 0.486. The summed E-state index contributed by atoms with van der Waals surface area (Å²) in [4.78, 5) is 0. The first kappa shape index (κ1) is 16.0. The molecule has 1 heteroatoms. The minimum Gasteiger partial charge on any atom is -0.0633 e. The van der Waals surface area contributed by atoms with Gasteiger partial charge in [0, 0.05) is 5.92 Å². The molecule has 2 aromatic carbocycles. The number of hydrogen-bond acceptors (Lipinski definition) is 0. The van der Waals surface area contributed by atoms with E-state index in [2.05, 4.69) is 83.1 Å². The summed E-state index contributed by atoms with van der Waals surface area (Å²) in [7, 11) is -0.396. The highest BCUT2D eigenvalue weighted by Gasteiger charge is 2.28.